The highest BCUT2D eigenvalue weighted by Crippen LogP contribution is 2.22. The second kappa shape index (κ2) is 5.86. The van der Waals surface area contributed by atoms with E-state index >= 15 is 0 Å². The van der Waals surface area contributed by atoms with Gasteiger partial charge in [0.1, 0.15) is 0 Å². The van der Waals surface area contributed by atoms with Crippen LogP contribution in [0.15, 0.2) is 0 Å². The lowest BCUT2D eigenvalue weighted by molar-refractivity contribution is -0.157. The van der Waals surface area contributed by atoms with Crippen molar-refractivity contribution in [3.63, 3.8) is 0 Å². The Morgan fingerprint density at radius 1 is 1.32 bits per heavy atom. The van der Waals surface area contributed by atoms with Crippen LogP contribution in [0.25, 0.3) is 0 Å². The quantitative estimate of drug-likeness (QED) is 0.598. The predicted molar refractivity (Wildman–Crippen MR) is 78.6 cm³/mol. The lowest BCUT2D eigenvalue weighted by Crippen LogP contribution is -2.56. The summed E-state index contributed by atoms with van der Waals surface area (Å²) in [4.78, 5) is 27.6. The average Bonchev–Trinajstić information content (AvgIpc) is 2.30. The maximum atomic E-state index is 12.0. The van der Waals surface area contributed by atoms with E-state index in [-0.39, 0.29) is 11.5 Å². The highest BCUT2D eigenvalue weighted by molar-refractivity contribution is 7.80. The minimum atomic E-state index is -0.418. The third-order valence-electron chi connectivity index (χ3n) is 3.64. The van der Waals surface area contributed by atoms with Crippen molar-refractivity contribution in [3.8, 4) is 0 Å². The van der Waals surface area contributed by atoms with Crippen LogP contribution in [0.1, 0.15) is 34.1 Å². The summed E-state index contributed by atoms with van der Waals surface area (Å²) >= 11 is 5.00. The smallest absolute Gasteiger partial charge is 0.312 e. The van der Waals surface area contributed by atoms with Crippen molar-refractivity contribution < 1.29 is 9.59 Å². The molecule has 108 valence electrons. The minimum absolute atomic E-state index is 0.0617. The molecule has 1 aliphatic rings. The number of thiocarbonyl (C=S) groups is 1. The standard InChI is InChI=1S/C13H23N3O2S/c1-9(2)16-8-7-15(10(17)11(16)18)6-5-13(3,4)12(14)19/h9H,5-8H2,1-4H3,(H2,14,19). The van der Waals surface area contributed by atoms with Gasteiger partial charge in [0, 0.05) is 31.1 Å². The van der Waals surface area contributed by atoms with E-state index in [4.69, 9.17) is 18.0 Å². The molecule has 1 rings (SSSR count). The molecule has 2 amide bonds. The number of carbonyl (C=O) groups excluding carboxylic acids is 2. The molecule has 0 saturated carbocycles. The van der Waals surface area contributed by atoms with Crippen LogP contribution in [0, 0.1) is 5.41 Å². The van der Waals surface area contributed by atoms with Gasteiger partial charge in [-0.2, -0.15) is 0 Å². The number of hydrogen-bond acceptors (Lipinski definition) is 3. The van der Waals surface area contributed by atoms with Crippen molar-refractivity contribution in [2.75, 3.05) is 19.6 Å². The van der Waals surface area contributed by atoms with E-state index in [1.165, 1.54) is 0 Å². The molecular formula is C13H23N3O2S. The van der Waals surface area contributed by atoms with Crippen molar-refractivity contribution in [3.05, 3.63) is 0 Å². The molecular weight excluding hydrogens is 262 g/mol. The van der Waals surface area contributed by atoms with Crippen LogP contribution in [0.3, 0.4) is 0 Å². The second-order valence-electron chi connectivity index (χ2n) is 5.88. The summed E-state index contributed by atoms with van der Waals surface area (Å²) in [5.74, 6) is -0.826. The van der Waals surface area contributed by atoms with Gasteiger partial charge >= 0.3 is 11.8 Å². The van der Waals surface area contributed by atoms with E-state index in [1.54, 1.807) is 9.80 Å². The first-order valence-corrected chi connectivity index (χ1v) is 6.97. The van der Waals surface area contributed by atoms with E-state index < -0.39 is 11.8 Å². The van der Waals surface area contributed by atoms with E-state index in [2.05, 4.69) is 0 Å². The Morgan fingerprint density at radius 3 is 2.37 bits per heavy atom. The highest BCUT2D eigenvalue weighted by Gasteiger charge is 2.34. The summed E-state index contributed by atoms with van der Waals surface area (Å²) in [7, 11) is 0. The van der Waals surface area contributed by atoms with Gasteiger partial charge in [-0.15, -0.1) is 0 Å². The topological polar surface area (TPSA) is 66.6 Å². The number of carbonyl (C=O) groups is 2. The van der Waals surface area contributed by atoms with E-state index in [1.807, 2.05) is 27.7 Å². The van der Waals surface area contributed by atoms with Gasteiger partial charge in [-0.1, -0.05) is 26.1 Å². The first kappa shape index (κ1) is 15.9. The first-order chi connectivity index (χ1) is 8.66. The summed E-state index contributed by atoms with van der Waals surface area (Å²) in [5.41, 5.74) is 5.36. The van der Waals surface area contributed by atoms with Crippen LogP contribution in [-0.4, -0.2) is 52.3 Å². The molecule has 0 aromatic carbocycles. The Morgan fingerprint density at radius 2 is 1.89 bits per heavy atom. The van der Waals surface area contributed by atoms with E-state index in [0.29, 0.717) is 31.0 Å². The van der Waals surface area contributed by atoms with Crippen LogP contribution in [0.4, 0.5) is 0 Å². The fraction of sp³-hybridized carbons (Fsp3) is 0.769. The van der Waals surface area contributed by atoms with Crippen molar-refractivity contribution in [1.82, 2.24) is 9.80 Å². The summed E-state index contributed by atoms with van der Waals surface area (Å²) in [6, 6.07) is 0.0617. The molecule has 0 radical (unpaired) electrons. The third-order valence-corrected chi connectivity index (χ3v) is 4.19. The number of rotatable bonds is 5. The van der Waals surface area contributed by atoms with Crippen LogP contribution >= 0.6 is 12.2 Å². The molecule has 0 aliphatic carbocycles. The Kier molecular flexibility index (Phi) is 4.90. The SMILES string of the molecule is CC(C)N1CCN(CCC(C)(C)C(N)=S)C(=O)C1=O. The summed E-state index contributed by atoms with van der Waals surface area (Å²) in [6.45, 7) is 9.42. The van der Waals surface area contributed by atoms with Crippen LogP contribution < -0.4 is 5.73 Å². The van der Waals surface area contributed by atoms with Gasteiger partial charge in [0.05, 0.1) is 4.99 Å². The summed E-state index contributed by atoms with van der Waals surface area (Å²) in [5, 5.41) is 0. The van der Waals surface area contributed by atoms with Crippen molar-refractivity contribution in [2.45, 2.75) is 40.2 Å². The van der Waals surface area contributed by atoms with Crippen LogP contribution in [0.2, 0.25) is 0 Å². The lowest BCUT2D eigenvalue weighted by atomic mass is 9.89. The first-order valence-electron chi connectivity index (χ1n) is 6.56. The van der Waals surface area contributed by atoms with Crippen molar-refractivity contribution >= 4 is 29.0 Å². The molecule has 0 spiro atoms. The Balaban J connectivity index is 2.61. The number of amides is 2. The zero-order chi connectivity index (χ0) is 14.8. The highest BCUT2D eigenvalue weighted by atomic mass is 32.1. The third kappa shape index (κ3) is 3.65. The molecule has 0 aromatic rings. The molecule has 5 nitrogen and oxygen atoms in total. The normalized spacial score (nSPS) is 17.3. The molecule has 1 heterocycles. The molecule has 1 fully saturated rings. The monoisotopic (exact) mass is 285 g/mol. The average molecular weight is 285 g/mol. The number of nitrogens with two attached hydrogens (primary N) is 1. The van der Waals surface area contributed by atoms with Crippen LogP contribution in [-0.2, 0) is 9.59 Å². The second-order valence-corrected chi connectivity index (χ2v) is 6.32. The minimum Gasteiger partial charge on any atom is -0.393 e. The summed E-state index contributed by atoms with van der Waals surface area (Å²) in [6.07, 6.45) is 0.670. The molecule has 6 heteroatoms. The fourth-order valence-electron chi connectivity index (χ4n) is 1.93. The number of hydrogen-bond donors (Lipinski definition) is 1. The molecule has 2 N–H and O–H groups in total. The van der Waals surface area contributed by atoms with Gasteiger partial charge in [0.15, 0.2) is 0 Å². The largest absolute Gasteiger partial charge is 0.393 e. The van der Waals surface area contributed by atoms with Crippen molar-refractivity contribution in [2.24, 2.45) is 11.1 Å². The number of piperazine rings is 1. The maximum absolute atomic E-state index is 12.0. The van der Waals surface area contributed by atoms with E-state index in [0.717, 1.165) is 0 Å². The van der Waals surface area contributed by atoms with E-state index in [9.17, 15) is 9.59 Å². The van der Waals surface area contributed by atoms with Gasteiger partial charge in [-0.25, -0.2) is 0 Å². The molecule has 1 saturated heterocycles. The van der Waals surface area contributed by atoms with Gasteiger partial charge in [-0.05, 0) is 20.3 Å². The number of nitrogens with zero attached hydrogens (tertiary/aromatic N) is 2. The van der Waals surface area contributed by atoms with Gasteiger partial charge < -0.3 is 15.5 Å². The summed E-state index contributed by atoms with van der Waals surface area (Å²) < 4.78 is 0. The Bertz CT molecular complexity index is 393. The zero-order valence-electron chi connectivity index (χ0n) is 12.1. The Hall–Kier alpha value is -1.17. The van der Waals surface area contributed by atoms with Gasteiger partial charge in [0.2, 0.25) is 0 Å². The molecule has 0 unspecified atom stereocenters. The molecule has 19 heavy (non-hydrogen) atoms. The van der Waals surface area contributed by atoms with Gasteiger partial charge in [-0.3, -0.25) is 9.59 Å². The van der Waals surface area contributed by atoms with Crippen molar-refractivity contribution in [1.29, 1.82) is 0 Å². The molecule has 1 aliphatic heterocycles. The predicted octanol–water partition coefficient (Wildman–Crippen LogP) is 0.768. The molecule has 0 bridgehead atoms. The lowest BCUT2D eigenvalue weighted by Gasteiger charge is -2.37. The fourth-order valence-corrected chi connectivity index (χ4v) is 2.04. The maximum Gasteiger partial charge on any atom is 0.312 e. The Labute approximate surface area is 120 Å². The molecule has 0 atom stereocenters. The molecule has 0 aromatic heterocycles. The van der Waals surface area contributed by atoms with Crippen LogP contribution in [0.5, 0.6) is 0 Å². The van der Waals surface area contributed by atoms with Gasteiger partial charge in [0.25, 0.3) is 0 Å². The zero-order valence-corrected chi connectivity index (χ0v) is 12.9.